The monoisotopic (exact) mass is 203 g/mol. The fourth-order valence-electron chi connectivity index (χ4n) is 2.93. The summed E-state index contributed by atoms with van der Waals surface area (Å²) in [5, 5.41) is 0. The molecule has 0 amide bonds. The Bertz CT molecular complexity index is 400. The third-order valence-electron chi connectivity index (χ3n) is 3.71. The highest BCUT2D eigenvalue weighted by Gasteiger charge is 2.30. The van der Waals surface area contributed by atoms with E-state index in [2.05, 4.69) is 31.0 Å². The lowest BCUT2D eigenvalue weighted by Gasteiger charge is -2.38. The number of anilines is 1. The Morgan fingerprint density at radius 3 is 3.07 bits per heavy atom. The van der Waals surface area contributed by atoms with Crippen molar-refractivity contribution in [1.82, 2.24) is 0 Å². The Labute approximate surface area is 90.8 Å². The van der Waals surface area contributed by atoms with Crippen LogP contribution in [0.25, 0.3) is 0 Å². The van der Waals surface area contributed by atoms with E-state index >= 15 is 0 Å². The van der Waals surface area contributed by atoms with Gasteiger partial charge < -0.3 is 9.64 Å². The molecule has 15 heavy (non-hydrogen) atoms. The average molecular weight is 203 g/mol. The lowest BCUT2D eigenvalue weighted by molar-refractivity contribution is 0.260. The summed E-state index contributed by atoms with van der Waals surface area (Å²) in [6.45, 7) is 4.27. The van der Waals surface area contributed by atoms with Crippen molar-refractivity contribution in [2.24, 2.45) is 0 Å². The molecule has 1 aromatic rings. The van der Waals surface area contributed by atoms with Gasteiger partial charge in [-0.3, -0.25) is 0 Å². The van der Waals surface area contributed by atoms with E-state index in [1.54, 1.807) is 0 Å². The Hall–Kier alpha value is -1.18. The van der Waals surface area contributed by atoms with Gasteiger partial charge in [-0.15, -0.1) is 0 Å². The molecule has 3 rings (SSSR count). The van der Waals surface area contributed by atoms with Crippen molar-refractivity contribution in [2.45, 2.75) is 25.7 Å². The number of ether oxygens (including phenoxy) is 1. The molecule has 0 saturated carbocycles. The molecule has 0 fully saturated rings. The van der Waals surface area contributed by atoms with Crippen LogP contribution in [0.1, 0.15) is 29.9 Å². The zero-order chi connectivity index (χ0) is 10.4. The molecule has 0 aliphatic carbocycles. The van der Waals surface area contributed by atoms with E-state index in [0.29, 0.717) is 0 Å². The minimum Gasteiger partial charge on any atom is -0.493 e. The molecule has 1 atom stereocenters. The Morgan fingerprint density at radius 2 is 2.20 bits per heavy atom. The molecule has 0 N–H and O–H groups in total. The second-order valence-corrected chi connectivity index (χ2v) is 4.69. The van der Waals surface area contributed by atoms with Gasteiger partial charge in [-0.2, -0.15) is 0 Å². The largest absolute Gasteiger partial charge is 0.493 e. The van der Waals surface area contributed by atoms with Crippen LogP contribution in [0, 0.1) is 6.92 Å². The van der Waals surface area contributed by atoms with Gasteiger partial charge in [0, 0.05) is 24.8 Å². The molecule has 0 spiro atoms. The third kappa shape index (κ3) is 1.24. The zero-order valence-electron chi connectivity index (χ0n) is 9.42. The highest BCUT2D eigenvalue weighted by atomic mass is 16.5. The first kappa shape index (κ1) is 9.08. The predicted molar refractivity (Wildman–Crippen MR) is 61.9 cm³/mol. The molecule has 1 aromatic carbocycles. The van der Waals surface area contributed by atoms with Crippen LogP contribution in [0.15, 0.2) is 12.1 Å². The molecule has 0 saturated heterocycles. The third-order valence-corrected chi connectivity index (χ3v) is 3.71. The summed E-state index contributed by atoms with van der Waals surface area (Å²) in [6, 6.07) is 4.32. The zero-order valence-corrected chi connectivity index (χ0v) is 9.42. The molecule has 80 valence electrons. The summed E-state index contributed by atoms with van der Waals surface area (Å²) < 4.78 is 5.75. The van der Waals surface area contributed by atoms with Gasteiger partial charge in [0.2, 0.25) is 0 Å². The fourth-order valence-corrected chi connectivity index (χ4v) is 2.93. The Balaban J connectivity index is 2.24. The van der Waals surface area contributed by atoms with E-state index in [4.69, 9.17) is 4.74 Å². The molecule has 0 aromatic heterocycles. The quantitative estimate of drug-likeness (QED) is 0.643. The molecule has 2 nitrogen and oxygen atoms in total. The summed E-state index contributed by atoms with van der Waals surface area (Å²) in [7, 11) is 2.19. The standard InChI is InChI=1S/C13H17NO/c1-9-3-4-11-12-10(6-8-15-11)5-7-14(2)13(9)12/h3-4,10H,5-8H2,1-2H3. The van der Waals surface area contributed by atoms with Crippen LogP contribution in [-0.2, 0) is 0 Å². The first-order valence-corrected chi connectivity index (χ1v) is 5.75. The molecule has 1 unspecified atom stereocenters. The minimum absolute atomic E-state index is 0.736. The van der Waals surface area contributed by atoms with Gasteiger partial charge in [0.15, 0.2) is 0 Å². The molecular weight excluding hydrogens is 186 g/mol. The second-order valence-electron chi connectivity index (χ2n) is 4.69. The lowest BCUT2D eigenvalue weighted by atomic mass is 9.84. The van der Waals surface area contributed by atoms with Gasteiger partial charge in [-0.25, -0.2) is 0 Å². The van der Waals surface area contributed by atoms with Gasteiger partial charge in [0.05, 0.1) is 6.61 Å². The maximum absolute atomic E-state index is 5.75. The van der Waals surface area contributed by atoms with Crippen molar-refractivity contribution in [3.63, 3.8) is 0 Å². The maximum Gasteiger partial charge on any atom is 0.124 e. The van der Waals surface area contributed by atoms with E-state index in [1.165, 1.54) is 36.2 Å². The average Bonchev–Trinajstić information content (AvgIpc) is 2.25. The number of benzene rings is 1. The number of nitrogens with zero attached hydrogens (tertiary/aromatic N) is 1. The summed E-state index contributed by atoms with van der Waals surface area (Å²) in [5.41, 5.74) is 4.27. The first-order chi connectivity index (χ1) is 7.27. The maximum atomic E-state index is 5.75. The van der Waals surface area contributed by atoms with E-state index in [-0.39, 0.29) is 0 Å². The highest BCUT2D eigenvalue weighted by molar-refractivity contribution is 5.67. The number of aryl methyl sites for hydroxylation is 1. The Kier molecular flexibility index (Phi) is 1.91. The van der Waals surface area contributed by atoms with Crippen LogP contribution in [0.4, 0.5) is 5.69 Å². The van der Waals surface area contributed by atoms with Crippen molar-refractivity contribution < 1.29 is 4.74 Å². The molecule has 2 heteroatoms. The van der Waals surface area contributed by atoms with Crippen LogP contribution >= 0.6 is 0 Å². The van der Waals surface area contributed by atoms with Gasteiger partial charge in [0.1, 0.15) is 5.75 Å². The topological polar surface area (TPSA) is 12.5 Å². The molecule has 2 heterocycles. The fraction of sp³-hybridized carbons (Fsp3) is 0.538. The molecule has 2 aliphatic rings. The minimum atomic E-state index is 0.736. The van der Waals surface area contributed by atoms with Crippen molar-refractivity contribution >= 4 is 5.69 Å². The summed E-state index contributed by atoms with van der Waals surface area (Å²) in [6.07, 6.45) is 2.47. The van der Waals surface area contributed by atoms with Crippen molar-refractivity contribution in [1.29, 1.82) is 0 Å². The Morgan fingerprint density at radius 1 is 1.33 bits per heavy atom. The summed E-state index contributed by atoms with van der Waals surface area (Å²) in [4.78, 5) is 2.37. The molecular formula is C13H17NO. The molecule has 0 bridgehead atoms. The van der Waals surface area contributed by atoms with Crippen LogP contribution in [0.2, 0.25) is 0 Å². The van der Waals surface area contributed by atoms with E-state index in [0.717, 1.165) is 18.3 Å². The lowest BCUT2D eigenvalue weighted by Crippen LogP contribution is -2.31. The van der Waals surface area contributed by atoms with Crippen LogP contribution in [0.3, 0.4) is 0 Å². The molecule has 0 radical (unpaired) electrons. The van der Waals surface area contributed by atoms with E-state index in [9.17, 15) is 0 Å². The van der Waals surface area contributed by atoms with Crippen molar-refractivity contribution in [3.8, 4) is 5.75 Å². The van der Waals surface area contributed by atoms with Crippen LogP contribution in [0.5, 0.6) is 5.75 Å². The van der Waals surface area contributed by atoms with Gasteiger partial charge >= 0.3 is 0 Å². The van der Waals surface area contributed by atoms with Gasteiger partial charge in [0.25, 0.3) is 0 Å². The van der Waals surface area contributed by atoms with Crippen LogP contribution in [-0.4, -0.2) is 20.2 Å². The van der Waals surface area contributed by atoms with Gasteiger partial charge in [-0.1, -0.05) is 6.07 Å². The van der Waals surface area contributed by atoms with E-state index < -0.39 is 0 Å². The second kappa shape index (κ2) is 3.16. The number of hydrogen-bond donors (Lipinski definition) is 0. The highest BCUT2D eigenvalue weighted by Crippen LogP contribution is 2.46. The first-order valence-electron chi connectivity index (χ1n) is 5.75. The smallest absolute Gasteiger partial charge is 0.124 e. The normalized spacial score (nSPS) is 23.3. The number of hydrogen-bond acceptors (Lipinski definition) is 2. The summed E-state index contributed by atoms with van der Waals surface area (Å²) in [5.74, 6) is 1.86. The number of rotatable bonds is 0. The van der Waals surface area contributed by atoms with Crippen molar-refractivity contribution in [3.05, 3.63) is 23.3 Å². The summed E-state index contributed by atoms with van der Waals surface area (Å²) >= 11 is 0. The van der Waals surface area contributed by atoms with Crippen molar-refractivity contribution in [2.75, 3.05) is 25.1 Å². The van der Waals surface area contributed by atoms with Gasteiger partial charge in [-0.05, 0) is 37.3 Å². The van der Waals surface area contributed by atoms with Crippen LogP contribution < -0.4 is 9.64 Å². The predicted octanol–water partition coefficient (Wildman–Crippen LogP) is 2.70. The SMILES string of the molecule is Cc1ccc2c3c1N(C)CCC3CCO2. The van der Waals surface area contributed by atoms with E-state index in [1.807, 2.05) is 0 Å². The molecule has 2 aliphatic heterocycles.